The van der Waals surface area contributed by atoms with Crippen molar-refractivity contribution in [2.24, 2.45) is 16.8 Å². The van der Waals surface area contributed by atoms with Crippen LogP contribution in [-0.2, 0) is 14.8 Å². The van der Waals surface area contributed by atoms with Gasteiger partial charge in [0.05, 0.1) is 10.9 Å². The van der Waals surface area contributed by atoms with Gasteiger partial charge >= 0.3 is 0 Å². The van der Waals surface area contributed by atoms with Crippen LogP contribution in [0.15, 0.2) is 34.2 Å². The molecule has 156 valence electrons. The Bertz CT molecular complexity index is 776. The van der Waals surface area contributed by atoms with E-state index in [2.05, 4.69) is 4.99 Å². The molecular formula is C21H31ClN2O3S. The standard InChI is InChI=1S/C19H25ClN2O3S.C2H6/c20-17-10-1-2-11-18(17)26(24,25)22-13-5-9-16(14-22)19(23)21-12-4-8-15-6-3-7-15;1-2/h1-2,10-12,15-16H,3-9,13-14H2;1-2H3/t16-;/m0./s1. The summed E-state index contributed by atoms with van der Waals surface area (Å²) < 4.78 is 27.1. The van der Waals surface area contributed by atoms with Gasteiger partial charge in [0.2, 0.25) is 15.9 Å². The minimum atomic E-state index is -3.69. The van der Waals surface area contributed by atoms with Crippen LogP contribution < -0.4 is 0 Å². The highest BCUT2D eigenvalue weighted by Crippen LogP contribution is 2.30. The molecule has 1 atom stereocenters. The average Bonchev–Trinajstić information content (AvgIpc) is 2.68. The fourth-order valence-electron chi connectivity index (χ4n) is 3.51. The fraction of sp³-hybridized carbons (Fsp3) is 0.619. The number of hydrogen-bond donors (Lipinski definition) is 0. The molecule has 2 fully saturated rings. The molecule has 1 heterocycles. The second kappa shape index (κ2) is 11.1. The summed E-state index contributed by atoms with van der Waals surface area (Å²) in [6.45, 7) is 4.58. The molecule has 1 aromatic carbocycles. The molecule has 1 aliphatic carbocycles. The SMILES string of the molecule is CC.O=C(N=CCCC1CCC1)[C@H]1CCCN(S(=O)(=O)c2ccccc2Cl)C1. The highest BCUT2D eigenvalue weighted by molar-refractivity contribution is 7.89. The topological polar surface area (TPSA) is 66.8 Å². The summed E-state index contributed by atoms with van der Waals surface area (Å²) in [5.74, 6) is 0.209. The maximum atomic E-state index is 12.8. The number of carbonyl (C=O) groups is 1. The lowest BCUT2D eigenvalue weighted by molar-refractivity contribution is -0.122. The Kier molecular flexibility index (Phi) is 9.12. The summed E-state index contributed by atoms with van der Waals surface area (Å²) in [5.41, 5.74) is 0. The van der Waals surface area contributed by atoms with Crippen molar-refractivity contribution in [1.82, 2.24) is 4.31 Å². The van der Waals surface area contributed by atoms with Gasteiger partial charge in [-0.1, -0.05) is 56.8 Å². The number of sulfonamides is 1. The lowest BCUT2D eigenvalue weighted by Gasteiger charge is -2.30. The number of hydrogen-bond acceptors (Lipinski definition) is 3. The Labute approximate surface area is 174 Å². The highest BCUT2D eigenvalue weighted by Gasteiger charge is 2.34. The van der Waals surface area contributed by atoms with E-state index in [1.165, 1.54) is 29.6 Å². The molecule has 1 aliphatic heterocycles. The Balaban J connectivity index is 0.00000136. The van der Waals surface area contributed by atoms with E-state index in [4.69, 9.17) is 11.6 Å². The Hall–Kier alpha value is -1.24. The molecule has 5 nitrogen and oxygen atoms in total. The zero-order valence-electron chi connectivity index (χ0n) is 16.8. The molecule has 1 amide bonds. The number of aliphatic imine (C=N–C) groups is 1. The van der Waals surface area contributed by atoms with Crippen LogP contribution in [0.1, 0.15) is 58.8 Å². The summed E-state index contributed by atoms with van der Waals surface area (Å²) in [4.78, 5) is 16.5. The van der Waals surface area contributed by atoms with Gasteiger partial charge in [-0.15, -0.1) is 0 Å². The van der Waals surface area contributed by atoms with Crippen molar-refractivity contribution in [2.45, 2.75) is 63.7 Å². The summed E-state index contributed by atoms with van der Waals surface area (Å²) in [5, 5.41) is 0.204. The van der Waals surface area contributed by atoms with Crippen LogP contribution in [0, 0.1) is 11.8 Å². The van der Waals surface area contributed by atoms with Gasteiger partial charge in [-0.2, -0.15) is 4.31 Å². The van der Waals surface area contributed by atoms with Crippen molar-refractivity contribution in [1.29, 1.82) is 0 Å². The Morgan fingerprint density at radius 3 is 2.57 bits per heavy atom. The zero-order chi connectivity index (χ0) is 20.6. The molecule has 0 unspecified atom stereocenters. The van der Waals surface area contributed by atoms with Gasteiger partial charge < -0.3 is 0 Å². The number of amides is 1. The number of carbonyl (C=O) groups excluding carboxylic acids is 1. The van der Waals surface area contributed by atoms with Crippen LogP contribution in [-0.4, -0.2) is 37.9 Å². The molecule has 7 heteroatoms. The summed E-state index contributed by atoms with van der Waals surface area (Å²) in [6.07, 6.45) is 8.85. The lowest BCUT2D eigenvalue weighted by atomic mass is 9.82. The summed E-state index contributed by atoms with van der Waals surface area (Å²) >= 11 is 6.06. The fourth-order valence-corrected chi connectivity index (χ4v) is 5.52. The van der Waals surface area contributed by atoms with Crippen LogP contribution in [0.4, 0.5) is 0 Å². The van der Waals surface area contributed by atoms with Crippen molar-refractivity contribution in [3.05, 3.63) is 29.3 Å². The minimum Gasteiger partial charge on any atom is -0.272 e. The zero-order valence-corrected chi connectivity index (χ0v) is 18.4. The van der Waals surface area contributed by atoms with E-state index in [0.717, 1.165) is 18.8 Å². The third kappa shape index (κ3) is 5.88. The molecule has 1 aromatic rings. The quantitative estimate of drug-likeness (QED) is 0.604. The van der Waals surface area contributed by atoms with Gasteiger partial charge in [-0.3, -0.25) is 4.79 Å². The molecular weight excluding hydrogens is 396 g/mol. The van der Waals surface area contributed by atoms with E-state index in [1.807, 2.05) is 13.8 Å². The van der Waals surface area contributed by atoms with Gasteiger partial charge in [-0.05, 0) is 43.7 Å². The summed E-state index contributed by atoms with van der Waals surface area (Å²) in [7, 11) is -3.69. The number of piperidine rings is 1. The largest absolute Gasteiger partial charge is 0.272 e. The van der Waals surface area contributed by atoms with Crippen LogP contribution in [0.3, 0.4) is 0 Å². The molecule has 3 rings (SSSR count). The molecule has 1 saturated heterocycles. The molecule has 1 saturated carbocycles. The Morgan fingerprint density at radius 1 is 1.21 bits per heavy atom. The van der Waals surface area contributed by atoms with Crippen LogP contribution in [0.5, 0.6) is 0 Å². The second-order valence-electron chi connectivity index (χ2n) is 7.16. The molecule has 0 bridgehead atoms. The van der Waals surface area contributed by atoms with Gasteiger partial charge in [0.15, 0.2) is 0 Å². The normalized spacial score (nSPS) is 21.0. The predicted molar refractivity (Wildman–Crippen MR) is 114 cm³/mol. The molecule has 0 radical (unpaired) electrons. The van der Waals surface area contributed by atoms with E-state index >= 15 is 0 Å². The molecule has 0 spiro atoms. The predicted octanol–water partition coefficient (Wildman–Crippen LogP) is 4.94. The lowest BCUT2D eigenvalue weighted by Crippen LogP contribution is -2.42. The number of nitrogens with zero attached hydrogens (tertiary/aromatic N) is 2. The molecule has 0 N–H and O–H groups in total. The van der Waals surface area contributed by atoms with Gasteiger partial charge in [0, 0.05) is 19.3 Å². The maximum Gasteiger partial charge on any atom is 0.249 e. The molecule has 0 aromatic heterocycles. The van der Waals surface area contributed by atoms with Crippen molar-refractivity contribution < 1.29 is 13.2 Å². The van der Waals surface area contributed by atoms with E-state index < -0.39 is 10.0 Å². The van der Waals surface area contributed by atoms with E-state index in [-0.39, 0.29) is 28.3 Å². The van der Waals surface area contributed by atoms with Crippen molar-refractivity contribution in [3.8, 4) is 0 Å². The average molecular weight is 427 g/mol. The van der Waals surface area contributed by atoms with Crippen LogP contribution in [0.2, 0.25) is 5.02 Å². The number of halogens is 1. The van der Waals surface area contributed by atoms with Crippen molar-refractivity contribution in [2.75, 3.05) is 13.1 Å². The first-order chi connectivity index (χ1) is 13.5. The van der Waals surface area contributed by atoms with E-state index in [9.17, 15) is 13.2 Å². The molecule has 2 aliphatic rings. The van der Waals surface area contributed by atoms with E-state index in [0.29, 0.717) is 19.4 Å². The monoisotopic (exact) mass is 426 g/mol. The van der Waals surface area contributed by atoms with Gasteiger partial charge in [0.1, 0.15) is 4.90 Å². The van der Waals surface area contributed by atoms with Crippen LogP contribution in [0.25, 0.3) is 0 Å². The third-order valence-corrected chi connectivity index (χ3v) is 7.70. The first-order valence-electron chi connectivity index (χ1n) is 10.3. The number of benzene rings is 1. The molecule has 28 heavy (non-hydrogen) atoms. The number of rotatable bonds is 6. The first kappa shape index (κ1) is 23.0. The van der Waals surface area contributed by atoms with E-state index in [1.54, 1.807) is 24.4 Å². The highest BCUT2D eigenvalue weighted by atomic mass is 35.5. The summed E-state index contributed by atoms with van der Waals surface area (Å²) in [6, 6.07) is 6.41. The van der Waals surface area contributed by atoms with Gasteiger partial charge in [-0.25, -0.2) is 13.4 Å². The third-order valence-electron chi connectivity index (χ3n) is 5.34. The Morgan fingerprint density at radius 2 is 1.93 bits per heavy atom. The van der Waals surface area contributed by atoms with Crippen molar-refractivity contribution >= 4 is 33.7 Å². The maximum absolute atomic E-state index is 12.8. The van der Waals surface area contributed by atoms with Gasteiger partial charge in [0.25, 0.3) is 0 Å². The van der Waals surface area contributed by atoms with Crippen molar-refractivity contribution in [3.63, 3.8) is 0 Å². The first-order valence-corrected chi connectivity index (χ1v) is 12.1. The smallest absolute Gasteiger partial charge is 0.249 e. The van der Waals surface area contributed by atoms with Crippen LogP contribution >= 0.6 is 11.6 Å². The second-order valence-corrected chi connectivity index (χ2v) is 9.47. The minimum absolute atomic E-state index is 0.0961.